The van der Waals surface area contributed by atoms with Gasteiger partial charge in [0.1, 0.15) is 17.6 Å². The fourth-order valence-corrected chi connectivity index (χ4v) is 2.73. The van der Waals surface area contributed by atoms with Crippen molar-refractivity contribution in [2.75, 3.05) is 0 Å². The molecule has 0 saturated heterocycles. The maximum atomic E-state index is 12.6. The molecule has 1 aromatic carbocycles. The molecular weight excluding hydrogens is 252 g/mol. The van der Waals surface area contributed by atoms with E-state index in [0.717, 1.165) is 19.3 Å². The third-order valence-corrected chi connectivity index (χ3v) is 3.87. The number of para-hydroxylation sites is 1. The molecule has 2 unspecified atom stereocenters. The van der Waals surface area contributed by atoms with Crippen molar-refractivity contribution >= 4 is 11.6 Å². The highest BCUT2D eigenvalue weighted by Gasteiger charge is 2.36. The second kappa shape index (κ2) is 6.69. The predicted octanol–water partition coefficient (Wildman–Crippen LogP) is 3.81. The Morgan fingerprint density at radius 2 is 2.00 bits per heavy atom. The fraction of sp³-hybridized carbons (Fsp3) is 0.529. The van der Waals surface area contributed by atoms with Crippen molar-refractivity contribution in [1.29, 1.82) is 0 Å². The van der Waals surface area contributed by atoms with Crippen LogP contribution in [0.15, 0.2) is 24.3 Å². The molecule has 20 heavy (non-hydrogen) atoms. The molecule has 0 aromatic heterocycles. The largest absolute Gasteiger partial charge is 0.489 e. The van der Waals surface area contributed by atoms with E-state index in [-0.39, 0.29) is 23.6 Å². The molecule has 3 heteroatoms. The number of hydrogen-bond acceptors (Lipinski definition) is 3. The van der Waals surface area contributed by atoms with Crippen molar-refractivity contribution in [2.24, 2.45) is 5.92 Å². The average molecular weight is 274 g/mol. The standard InChI is InChI=1S/C17H22O3/c1-3-4-8-15-14(11-10-12(2)18)17(19)13-7-5-6-9-16(13)20-15/h5-7,9,14-15H,3-4,8,10-11H2,1-2H3. The van der Waals surface area contributed by atoms with E-state index in [4.69, 9.17) is 4.74 Å². The number of hydrogen-bond donors (Lipinski definition) is 0. The van der Waals surface area contributed by atoms with Gasteiger partial charge in [0.05, 0.1) is 11.5 Å². The number of Topliss-reactive ketones (excluding diaryl/α,β-unsaturated/α-hetero) is 2. The minimum absolute atomic E-state index is 0.0864. The molecule has 1 aliphatic rings. The highest BCUT2D eigenvalue weighted by atomic mass is 16.5. The van der Waals surface area contributed by atoms with Crippen LogP contribution in [0.1, 0.15) is 56.3 Å². The van der Waals surface area contributed by atoms with E-state index in [1.807, 2.05) is 24.3 Å². The maximum absolute atomic E-state index is 12.6. The van der Waals surface area contributed by atoms with Crippen molar-refractivity contribution in [3.05, 3.63) is 29.8 Å². The van der Waals surface area contributed by atoms with Crippen molar-refractivity contribution in [3.63, 3.8) is 0 Å². The van der Waals surface area contributed by atoms with Crippen molar-refractivity contribution in [2.45, 2.75) is 52.1 Å². The molecule has 0 fully saturated rings. The fourth-order valence-electron chi connectivity index (χ4n) is 2.73. The topological polar surface area (TPSA) is 43.4 Å². The first-order valence-electron chi connectivity index (χ1n) is 7.42. The molecule has 2 atom stereocenters. The SMILES string of the molecule is CCCCC1Oc2ccccc2C(=O)C1CCC(C)=O. The Labute approximate surface area is 120 Å². The Hall–Kier alpha value is -1.64. The van der Waals surface area contributed by atoms with E-state index in [0.29, 0.717) is 24.2 Å². The zero-order chi connectivity index (χ0) is 14.5. The third kappa shape index (κ3) is 3.27. The Bertz CT molecular complexity index is 493. The molecule has 0 aliphatic carbocycles. The Balaban J connectivity index is 2.20. The molecular formula is C17H22O3. The van der Waals surface area contributed by atoms with E-state index in [1.165, 1.54) is 0 Å². The Morgan fingerprint density at radius 3 is 2.70 bits per heavy atom. The molecule has 1 aromatic rings. The van der Waals surface area contributed by atoms with E-state index < -0.39 is 0 Å². The Kier molecular flexibility index (Phi) is 4.94. The van der Waals surface area contributed by atoms with Gasteiger partial charge in [-0.05, 0) is 31.9 Å². The summed E-state index contributed by atoms with van der Waals surface area (Å²) in [6.45, 7) is 3.70. The summed E-state index contributed by atoms with van der Waals surface area (Å²) in [5, 5.41) is 0. The van der Waals surface area contributed by atoms with E-state index in [2.05, 4.69) is 6.92 Å². The van der Waals surface area contributed by atoms with Gasteiger partial charge in [-0.1, -0.05) is 31.9 Å². The summed E-state index contributed by atoms with van der Waals surface area (Å²) in [7, 11) is 0. The second-order valence-electron chi connectivity index (χ2n) is 5.51. The first-order chi connectivity index (χ1) is 9.63. The number of unbranched alkanes of at least 4 members (excludes halogenated alkanes) is 1. The molecule has 0 radical (unpaired) electrons. The van der Waals surface area contributed by atoms with E-state index in [9.17, 15) is 9.59 Å². The minimum Gasteiger partial charge on any atom is -0.489 e. The van der Waals surface area contributed by atoms with Crippen LogP contribution in [0, 0.1) is 5.92 Å². The Morgan fingerprint density at radius 1 is 1.25 bits per heavy atom. The second-order valence-corrected chi connectivity index (χ2v) is 5.51. The number of ketones is 2. The van der Waals surface area contributed by atoms with Gasteiger partial charge < -0.3 is 9.53 Å². The van der Waals surface area contributed by atoms with Crippen LogP contribution in [0.3, 0.4) is 0 Å². The lowest BCUT2D eigenvalue weighted by molar-refractivity contribution is -0.117. The quantitative estimate of drug-likeness (QED) is 0.792. The van der Waals surface area contributed by atoms with E-state index >= 15 is 0 Å². The van der Waals surface area contributed by atoms with Gasteiger partial charge in [0.2, 0.25) is 0 Å². The monoisotopic (exact) mass is 274 g/mol. The first-order valence-corrected chi connectivity index (χ1v) is 7.42. The summed E-state index contributed by atoms with van der Waals surface area (Å²) in [5.74, 6) is 0.776. The van der Waals surface area contributed by atoms with Crippen LogP contribution in [-0.4, -0.2) is 17.7 Å². The summed E-state index contributed by atoms with van der Waals surface area (Å²) in [4.78, 5) is 23.8. The molecule has 1 aliphatic heterocycles. The third-order valence-electron chi connectivity index (χ3n) is 3.87. The lowest BCUT2D eigenvalue weighted by atomic mass is 9.83. The minimum atomic E-state index is -0.180. The predicted molar refractivity (Wildman–Crippen MR) is 78.1 cm³/mol. The van der Waals surface area contributed by atoms with Gasteiger partial charge in [-0.25, -0.2) is 0 Å². The average Bonchev–Trinajstić information content (AvgIpc) is 2.44. The van der Waals surface area contributed by atoms with Crippen LogP contribution in [0.5, 0.6) is 5.75 Å². The molecule has 0 N–H and O–H groups in total. The first kappa shape index (κ1) is 14.8. The summed E-state index contributed by atoms with van der Waals surface area (Å²) in [6, 6.07) is 7.41. The van der Waals surface area contributed by atoms with Gasteiger partial charge in [-0.15, -0.1) is 0 Å². The molecule has 2 rings (SSSR count). The van der Waals surface area contributed by atoms with Gasteiger partial charge in [0.25, 0.3) is 0 Å². The molecule has 0 bridgehead atoms. The maximum Gasteiger partial charge on any atom is 0.173 e. The number of benzene rings is 1. The summed E-state index contributed by atoms with van der Waals surface area (Å²) in [6.07, 6.45) is 3.95. The zero-order valence-electron chi connectivity index (χ0n) is 12.2. The zero-order valence-corrected chi connectivity index (χ0v) is 12.2. The van der Waals surface area contributed by atoms with Crippen LogP contribution in [-0.2, 0) is 4.79 Å². The lowest BCUT2D eigenvalue weighted by Crippen LogP contribution is -2.38. The van der Waals surface area contributed by atoms with Crippen molar-refractivity contribution < 1.29 is 14.3 Å². The van der Waals surface area contributed by atoms with Crippen molar-refractivity contribution in [1.82, 2.24) is 0 Å². The normalized spacial score (nSPS) is 21.2. The number of fused-ring (bicyclic) bond motifs is 1. The van der Waals surface area contributed by atoms with Gasteiger partial charge in [-0.2, -0.15) is 0 Å². The van der Waals surface area contributed by atoms with Crippen LogP contribution < -0.4 is 4.74 Å². The van der Waals surface area contributed by atoms with Gasteiger partial charge in [-0.3, -0.25) is 4.79 Å². The number of carbonyl (C=O) groups excluding carboxylic acids is 2. The summed E-state index contributed by atoms with van der Waals surface area (Å²) in [5.41, 5.74) is 0.661. The number of ether oxygens (including phenoxy) is 1. The van der Waals surface area contributed by atoms with Gasteiger partial charge >= 0.3 is 0 Å². The van der Waals surface area contributed by atoms with Crippen LogP contribution in [0.25, 0.3) is 0 Å². The number of rotatable bonds is 6. The van der Waals surface area contributed by atoms with Crippen LogP contribution in [0.4, 0.5) is 0 Å². The van der Waals surface area contributed by atoms with Gasteiger partial charge in [0, 0.05) is 6.42 Å². The van der Waals surface area contributed by atoms with Crippen LogP contribution >= 0.6 is 0 Å². The highest BCUT2D eigenvalue weighted by molar-refractivity contribution is 6.01. The highest BCUT2D eigenvalue weighted by Crippen LogP contribution is 2.34. The smallest absolute Gasteiger partial charge is 0.173 e. The molecule has 0 amide bonds. The van der Waals surface area contributed by atoms with E-state index in [1.54, 1.807) is 6.92 Å². The van der Waals surface area contributed by atoms with Crippen molar-refractivity contribution in [3.8, 4) is 5.75 Å². The van der Waals surface area contributed by atoms with Crippen LogP contribution in [0.2, 0.25) is 0 Å². The molecule has 0 spiro atoms. The van der Waals surface area contributed by atoms with Gasteiger partial charge in [0.15, 0.2) is 5.78 Å². The lowest BCUT2D eigenvalue weighted by Gasteiger charge is -2.32. The molecule has 108 valence electrons. The molecule has 1 heterocycles. The molecule has 3 nitrogen and oxygen atoms in total. The number of carbonyl (C=O) groups is 2. The summed E-state index contributed by atoms with van der Waals surface area (Å²) < 4.78 is 6.02. The summed E-state index contributed by atoms with van der Waals surface area (Å²) >= 11 is 0. The molecule has 0 saturated carbocycles.